The van der Waals surface area contributed by atoms with Gasteiger partial charge in [0.2, 0.25) is 0 Å². The molecule has 0 bridgehead atoms. The summed E-state index contributed by atoms with van der Waals surface area (Å²) in [6.07, 6.45) is 0. The molecule has 2 heterocycles. The molecule has 2 aromatic rings. The number of aromatic nitrogens is 4. The first-order valence-electron chi connectivity index (χ1n) is 4.92. The summed E-state index contributed by atoms with van der Waals surface area (Å²) in [5.74, 6) is -0.322. The second kappa shape index (κ2) is 4.95. The lowest BCUT2D eigenvalue weighted by atomic mass is 10.3. The fourth-order valence-corrected chi connectivity index (χ4v) is 2.35. The maximum absolute atomic E-state index is 11.1. The van der Waals surface area contributed by atoms with Gasteiger partial charge in [0.25, 0.3) is 0 Å². The van der Waals surface area contributed by atoms with Crippen LogP contribution in [0.25, 0.3) is 0 Å². The van der Waals surface area contributed by atoms with Crippen molar-refractivity contribution in [1.82, 2.24) is 19.7 Å². The largest absolute Gasteiger partial charge is 0.478 e. The molecule has 0 amide bonds. The van der Waals surface area contributed by atoms with E-state index in [1.165, 1.54) is 12.1 Å². The molecule has 0 atom stereocenters. The highest BCUT2D eigenvalue weighted by atomic mass is 35.5. The Hall–Kier alpha value is -1.60. The van der Waals surface area contributed by atoms with Gasteiger partial charge in [0.05, 0.1) is 5.56 Å². The molecule has 0 aromatic carbocycles. The van der Waals surface area contributed by atoms with Crippen LogP contribution in [0.5, 0.6) is 0 Å². The van der Waals surface area contributed by atoms with Crippen LogP contribution in [0.1, 0.15) is 16.2 Å². The smallest absolute Gasteiger partial charge is 0.338 e. The van der Waals surface area contributed by atoms with Gasteiger partial charge in [-0.3, -0.25) is 0 Å². The molecular weight excluding hydrogens is 276 g/mol. The van der Waals surface area contributed by atoms with E-state index in [1.807, 2.05) is 0 Å². The van der Waals surface area contributed by atoms with Crippen molar-refractivity contribution in [2.45, 2.75) is 17.1 Å². The average Bonchev–Trinajstić information content (AvgIpc) is 2.61. The Balaban J connectivity index is 2.42. The zero-order valence-electron chi connectivity index (χ0n) is 9.59. The van der Waals surface area contributed by atoms with Crippen molar-refractivity contribution < 1.29 is 9.90 Å². The predicted molar refractivity (Wildman–Crippen MR) is 66.1 cm³/mol. The first kappa shape index (κ1) is 12.8. The Morgan fingerprint density at radius 1 is 1.44 bits per heavy atom. The minimum absolute atomic E-state index is 0.0880. The molecule has 8 heteroatoms. The first-order valence-corrected chi connectivity index (χ1v) is 6.12. The van der Waals surface area contributed by atoms with Crippen molar-refractivity contribution in [1.29, 1.82) is 0 Å². The molecule has 18 heavy (non-hydrogen) atoms. The second-order valence-corrected chi connectivity index (χ2v) is 4.83. The molecule has 0 aliphatic carbocycles. The third-order valence-corrected chi connectivity index (χ3v) is 3.55. The Labute approximate surface area is 112 Å². The number of aryl methyl sites for hydroxylation is 1. The summed E-state index contributed by atoms with van der Waals surface area (Å²) < 4.78 is 1.75. The van der Waals surface area contributed by atoms with Crippen LogP contribution in [-0.2, 0) is 7.05 Å². The van der Waals surface area contributed by atoms with Crippen LogP contribution in [0.3, 0.4) is 0 Å². The molecular formula is C10H9ClN4O2S. The van der Waals surface area contributed by atoms with Crippen LogP contribution in [-0.4, -0.2) is 30.8 Å². The average molecular weight is 285 g/mol. The zero-order valence-corrected chi connectivity index (χ0v) is 11.2. The van der Waals surface area contributed by atoms with E-state index in [1.54, 1.807) is 18.5 Å². The summed E-state index contributed by atoms with van der Waals surface area (Å²) in [5, 5.41) is 18.0. The third kappa shape index (κ3) is 2.46. The van der Waals surface area contributed by atoms with Gasteiger partial charge in [-0.1, -0.05) is 11.6 Å². The molecule has 0 saturated carbocycles. The van der Waals surface area contributed by atoms with Crippen molar-refractivity contribution in [2.24, 2.45) is 7.05 Å². The van der Waals surface area contributed by atoms with E-state index in [2.05, 4.69) is 15.2 Å². The highest BCUT2D eigenvalue weighted by Gasteiger charge is 2.16. The predicted octanol–water partition coefficient (Wildman–Crippen LogP) is 2.02. The van der Waals surface area contributed by atoms with Crippen LogP contribution >= 0.6 is 23.4 Å². The van der Waals surface area contributed by atoms with Gasteiger partial charge in [0, 0.05) is 7.05 Å². The van der Waals surface area contributed by atoms with E-state index in [9.17, 15) is 4.79 Å². The molecule has 0 aliphatic rings. The minimum atomic E-state index is -1.06. The van der Waals surface area contributed by atoms with Gasteiger partial charge in [0.15, 0.2) is 5.16 Å². The lowest BCUT2D eigenvalue weighted by molar-refractivity contribution is 0.0692. The van der Waals surface area contributed by atoms with E-state index in [4.69, 9.17) is 16.7 Å². The van der Waals surface area contributed by atoms with Crippen LogP contribution < -0.4 is 0 Å². The molecule has 0 saturated heterocycles. The molecule has 0 fully saturated rings. The van der Waals surface area contributed by atoms with Gasteiger partial charge >= 0.3 is 5.97 Å². The maximum atomic E-state index is 11.1. The quantitative estimate of drug-likeness (QED) is 0.869. The minimum Gasteiger partial charge on any atom is -0.478 e. The molecule has 0 radical (unpaired) electrons. The molecule has 0 spiro atoms. The number of hydrogen-bond donors (Lipinski definition) is 1. The molecule has 2 aromatic heterocycles. The van der Waals surface area contributed by atoms with Crippen molar-refractivity contribution >= 4 is 29.3 Å². The van der Waals surface area contributed by atoms with Crippen LogP contribution in [0.2, 0.25) is 5.15 Å². The van der Waals surface area contributed by atoms with Gasteiger partial charge < -0.3 is 9.67 Å². The third-order valence-electron chi connectivity index (χ3n) is 2.30. The highest BCUT2D eigenvalue weighted by molar-refractivity contribution is 7.99. The van der Waals surface area contributed by atoms with Crippen molar-refractivity contribution in [2.75, 3.05) is 0 Å². The normalized spacial score (nSPS) is 10.6. The summed E-state index contributed by atoms with van der Waals surface area (Å²) in [7, 11) is 1.79. The van der Waals surface area contributed by atoms with E-state index in [-0.39, 0.29) is 10.7 Å². The van der Waals surface area contributed by atoms with Crippen LogP contribution in [0.4, 0.5) is 0 Å². The standard InChI is InChI=1S/C10H9ClN4O2S/c1-5-13-14-10(15(5)2)18-8-6(9(16)17)3-4-7(11)12-8/h3-4H,1-2H3,(H,16,17). The number of carbonyl (C=O) groups is 1. The molecule has 0 unspecified atom stereocenters. The Morgan fingerprint density at radius 3 is 2.72 bits per heavy atom. The summed E-state index contributed by atoms with van der Waals surface area (Å²) >= 11 is 6.89. The van der Waals surface area contributed by atoms with Gasteiger partial charge in [-0.05, 0) is 30.8 Å². The number of carboxylic acids is 1. The first-order chi connectivity index (χ1) is 8.49. The number of nitrogens with zero attached hydrogens (tertiary/aromatic N) is 4. The van der Waals surface area contributed by atoms with Gasteiger partial charge in [0.1, 0.15) is 16.0 Å². The second-order valence-electron chi connectivity index (χ2n) is 3.48. The van der Waals surface area contributed by atoms with Crippen molar-refractivity contribution in [3.05, 3.63) is 28.7 Å². The highest BCUT2D eigenvalue weighted by Crippen LogP contribution is 2.28. The Kier molecular flexibility index (Phi) is 3.53. The summed E-state index contributed by atoms with van der Waals surface area (Å²) in [6, 6.07) is 2.86. The van der Waals surface area contributed by atoms with Gasteiger partial charge in [-0.15, -0.1) is 10.2 Å². The number of carboxylic acid groups (broad SMARTS) is 1. The maximum Gasteiger partial charge on any atom is 0.338 e. The monoisotopic (exact) mass is 284 g/mol. The molecule has 94 valence electrons. The summed E-state index contributed by atoms with van der Waals surface area (Å²) in [6.45, 7) is 1.81. The SMILES string of the molecule is Cc1nnc(Sc2nc(Cl)ccc2C(=O)O)n1C. The number of halogens is 1. The Morgan fingerprint density at radius 2 is 2.17 bits per heavy atom. The van der Waals surface area contributed by atoms with E-state index < -0.39 is 5.97 Å². The van der Waals surface area contributed by atoms with Crippen molar-refractivity contribution in [3.8, 4) is 0 Å². The van der Waals surface area contributed by atoms with Gasteiger partial charge in [-0.2, -0.15) is 0 Å². The molecule has 2 rings (SSSR count). The van der Waals surface area contributed by atoms with Gasteiger partial charge in [-0.25, -0.2) is 9.78 Å². The zero-order chi connectivity index (χ0) is 13.3. The lowest BCUT2D eigenvalue weighted by Gasteiger charge is -2.04. The molecule has 6 nitrogen and oxygen atoms in total. The van der Waals surface area contributed by atoms with Crippen LogP contribution in [0.15, 0.2) is 22.3 Å². The number of pyridine rings is 1. The molecule has 0 aliphatic heterocycles. The Bertz CT molecular complexity index is 614. The number of aromatic carboxylic acids is 1. The fourth-order valence-electron chi connectivity index (χ4n) is 1.22. The topological polar surface area (TPSA) is 80.9 Å². The number of hydrogen-bond acceptors (Lipinski definition) is 5. The van der Waals surface area contributed by atoms with Crippen LogP contribution in [0, 0.1) is 6.92 Å². The summed E-state index contributed by atoms with van der Waals surface area (Å²) in [5.41, 5.74) is 0.0880. The molecule has 1 N–H and O–H groups in total. The van der Waals surface area contributed by atoms with E-state index >= 15 is 0 Å². The van der Waals surface area contributed by atoms with E-state index in [0.717, 1.165) is 17.6 Å². The summed E-state index contributed by atoms with van der Waals surface area (Å²) in [4.78, 5) is 15.1. The van der Waals surface area contributed by atoms with E-state index in [0.29, 0.717) is 10.2 Å². The fraction of sp³-hybridized carbons (Fsp3) is 0.200. The van der Waals surface area contributed by atoms with Crippen molar-refractivity contribution in [3.63, 3.8) is 0 Å². The number of rotatable bonds is 3. The lowest BCUT2D eigenvalue weighted by Crippen LogP contribution is -2.02.